The average Bonchev–Trinajstić information content (AvgIpc) is 2.87. The summed E-state index contributed by atoms with van der Waals surface area (Å²) in [7, 11) is 0. The second-order valence-electron chi connectivity index (χ2n) is 6.37. The molecule has 0 bridgehead atoms. The summed E-state index contributed by atoms with van der Waals surface area (Å²) in [5, 5.41) is 5.96. The molecule has 0 fully saturated rings. The summed E-state index contributed by atoms with van der Waals surface area (Å²) in [5.74, 6) is -0.752. The van der Waals surface area contributed by atoms with Gasteiger partial charge >= 0.3 is 5.97 Å². The number of hydrogen-bond donors (Lipinski definition) is 2. The fraction of sp³-hybridized carbons (Fsp3) is 0.588. The van der Waals surface area contributed by atoms with Gasteiger partial charge in [-0.05, 0) is 37.2 Å². The molecule has 1 aromatic heterocycles. The van der Waals surface area contributed by atoms with Gasteiger partial charge in [0, 0.05) is 18.3 Å². The number of hydrogen-bond acceptors (Lipinski definition) is 5. The molecule has 132 valence electrons. The predicted octanol–water partition coefficient (Wildman–Crippen LogP) is 2.51. The van der Waals surface area contributed by atoms with E-state index in [4.69, 9.17) is 4.74 Å². The normalized spacial score (nSPS) is 13.3. The fourth-order valence-corrected chi connectivity index (χ4v) is 3.93. The van der Waals surface area contributed by atoms with Crippen LogP contribution in [0.25, 0.3) is 0 Å². The molecule has 24 heavy (non-hydrogen) atoms. The minimum atomic E-state index is -0.544. The third kappa shape index (κ3) is 4.80. The van der Waals surface area contributed by atoms with Crippen LogP contribution in [-0.4, -0.2) is 30.9 Å². The minimum Gasteiger partial charge on any atom is -0.452 e. The molecule has 1 aliphatic carbocycles. The smallest absolute Gasteiger partial charge is 0.341 e. The lowest BCUT2D eigenvalue weighted by Gasteiger charge is -2.13. The zero-order chi connectivity index (χ0) is 17.7. The van der Waals surface area contributed by atoms with Crippen LogP contribution in [0, 0.1) is 5.92 Å². The van der Waals surface area contributed by atoms with Crippen LogP contribution in [0.3, 0.4) is 0 Å². The molecular weight excluding hydrogens is 328 g/mol. The van der Waals surface area contributed by atoms with Gasteiger partial charge in [0.15, 0.2) is 6.61 Å². The largest absolute Gasteiger partial charge is 0.452 e. The van der Waals surface area contributed by atoms with E-state index in [0.29, 0.717) is 23.0 Å². The lowest BCUT2D eigenvalue weighted by Crippen LogP contribution is -2.31. The quantitative estimate of drug-likeness (QED) is 0.771. The highest BCUT2D eigenvalue weighted by Gasteiger charge is 2.27. The van der Waals surface area contributed by atoms with Gasteiger partial charge in [0.2, 0.25) is 5.91 Å². The van der Waals surface area contributed by atoms with Crippen molar-refractivity contribution < 1.29 is 19.1 Å². The Morgan fingerprint density at radius 1 is 1.21 bits per heavy atom. The van der Waals surface area contributed by atoms with E-state index < -0.39 is 5.97 Å². The molecule has 1 aromatic rings. The summed E-state index contributed by atoms with van der Waals surface area (Å²) in [6.07, 6.45) is 3.81. The van der Waals surface area contributed by atoms with E-state index in [0.717, 1.165) is 36.1 Å². The number of aryl methyl sites for hydroxylation is 1. The fourth-order valence-electron chi connectivity index (χ4n) is 2.60. The standard InChI is InChI=1S/C17H24N2O4S/c1-10(2)8-18-14(21)9-23-17(22)15-12-6-4-5-7-13(12)24-16(15)19-11(3)20/h10H,4-9H2,1-3H3,(H,18,21)(H,19,20). The number of thiophene rings is 1. The Hall–Kier alpha value is -1.89. The molecule has 0 spiro atoms. The van der Waals surface area contributed by atoms with Crippen molar-refractivity contribution in [2.24, 2.45) is 5.92 Å². The third-order valence-corrected chi connectivity index (χ3v) is 4.91. The third-order valence-electron chi connectivity index (χ3n) is 3.71. The van der Waals surface area contributed by atoms with E-state index in [1.807, 2.05) is 13.8 Å². The van der Waals surface area contributed by atoms with Crippen LogP contribution in [-0.2, 0) is 27.2 Å². The zero-order valence-corrected chi connectivity index (χ0v) is 15.2. The Kier molecular flexibility index (Phi) is 6.36. The van der Waals surface area contributed by atoms with Crippen LogP contribution < -0.4 is 10.6 Å². The van der Waals surface area contributed by atoms with Crippen molar-refractivity contribution >= 4 is 34.1 Å². The molecule has 0 aliphatic heterocycles. The first kappa shape index (κ1) is 18.4. The minimum absolute atomic E-state index is 0.225. The maximum atomic E-state index is 12.5. The number of carbonyl (C=O) groups is 3. The first-order valence-corrected chi connectivity index (χ1v) is 9.06. The lowest BCUT2D eigenvalue weighted by atomic mass is 9.95. The number of anilines is 1. The van der Waals surface area contributed by atoms with Gasteiger partial charge in [-0.3, -0.25) is 9.59 Å². The van der Waals surface area contributed by atoms with E-state index in [2.05, 4.69) is 10.6 Å². The van der Waals surface area contributed by atoms with E-state index in [9.17, 15) is 14.4 Å². The summed E-state index contributed by atoms with van der Waals surface area (Å²) in [6, 6.07) is 0. The monoisotopic (exact) mass is 352 g/mol. The Morgan fingerprint density at radius 3 is 2.58 bits per heavy atom. The van der Waals surface area contributed by atoms with Crippen molar-refractivity contribution in [2.75, 3.05) is 18.5 Å². The van der Waals surface area contributed by atoms with E-state index in [1.165, 1.54) is 18.3 Å². The van der Waals surface area contributed by atoms with Crippen LogP contribution in [0.4, 0.5) is 5.00 Å². The molecule has 0 radical (unpaired) electrons. The Bertz CT molecular complexity index is 637. The van der Waals surface area contributed by atoms with Gasteiger partial charge in [-0.25, -0.2) is 4.79 Å². The highest BCUT2D eigenvalue weighted by molar-refractivity contribution is 7.17. The molecule has 0 unspecified atom stereocenters. The molecule has 0 aromatic carbocycles. The first-order valence-electron chi connectivity index (χ1n) is 8.24. The molecule has 1 aliphatic rings. The summed E-state index contributed by atoms with van der Waals surface area (Å²) in [4.78, 5) is 36.7. The molecule has 2 N–H and O–H groups in total. The van der Waals surface area contributed by atoms with Crippen LogP contribution >= 0.6 is 11.3 Å². The number of ether oxygens (including phenoxy) is 1. The molecule has 7 heteroatoms. The van der Waals surface area contributed by atoms with Gasteiger partial charge < -0.3 is 15.4 Å². The van der Waals surface area contributed by atoms with Crippen LogP contribution in [0.1, 0.15) is 54.4 Å². The number of amides is 2. The Morgan fingerprint density at radius 2 is 1.92 bits per heavy atom. The first-order chi connectivity index (χ1) is 11.4. The van der Waals surface area contributed by atoms with Gasteiger partial charge in [0.05, 0.1) is 5.56 Å². The van der Waals surface area contributed by atoms with Crippen molar-refractivity contribution in [3.05, 3.63) is 16.0 Å². The van der Waals surface area contributed by atoms with Crippen molar-refractivity contribution in [1.82, 2.24) is 5.32 Å². The summed E-state index contributed by atoms with van der Waals surface area (Å²) < 4.78 is 5.17. The molecule has 0 saturated heterocycles. The number of rotatable bonds is 6. The maximum Gasteiger partial charge on any atom is 0.341 e. The highest BCUT2D eigenvalue weighted by atomic mass is 32.1. The second-order valence-corrected chi connectivity index (χ2v) is 7.48. The highest BCUT2D eigenvalue weighted by Crippen LogP contribution is 2.38. The molecule has 1 heterocycles. The molecule has 2 amide bonds. The van der Waals surface area contributed by atoms with Gasteiger partial charge in [0.25, 0.3) is 5.91 Å². The SMILES string of the molecule is CC(=O)Nc1sc2c(c1C(=O)OCC(=O)NCC(C)C)CCCC2. The van der Waals surface area contributed by atoms with Crippen molar-refractivity contribution in [2.45, 2.75) is 46.5 Å². The lowest BCUT2D eigenvalue weighted by molar-refractivity contribution is -0.124. The summed E-state index contributed by atoms with van der Waals surface area (Å²) >= 11 is 1.43. The van der Waals surface area contributed by atoms with E-state index in [1.54, 1.807) is 0 Å². The second kappa shape index (κ2) is 8.28. The number of esters is 1. The van der Waals surface area contributed by atoms with Crippen LogP contribution in [0.2, 0.25) is 0 Å². The average molecular weight is 352 g/mol. The van der Waals surface area contributed by atoms with Crippen molar-refractivity contribution in [1.29, 1.82) is 0 Å². The van der Waals surface area contributed by atoms with Gasteiger partial charge in [0.1, 0.15) is 5.00 Å². The summed E-state index contributed by atoms with van der Waals surface area (Å²) in [6.45, 7) is 5.62. The van der Waals surface area contributed by atoms with Crippen molar-refractivity contribution in [3.8, 4) is 0 Å². The number of nitrogens with one attached hydrogen (secondary N) is 2. The molecule has 0 saturated carbocycles. The molecule has 2 rings (SSSR count). The Labute approximate surface area is 146 Å². The molecular formula is C17H24N2O4S. The van der Waals surface area contributed by atoms with Gasteiger partial charge in [-0.1, -0.05) is 13.8 Å². The molecule has 0 atom stereocenters. The van der Waals surface area contributed by atoms with Gasteiger partial charge in [-0.15, -0.1) is 11.3 Å². The molecule has 6 nitrogen and oxygen atoms in total. The number of carbonyl (C=O) groups excluding carboxylic acids is 3. The van der Waals surface area contributed by atoms with Crippen LogP contribution in [0.5, 0.6) is 0 Å². The van der Waals surface area contributed by atoms with E-state index in [-0.39, 0.29) is 18.4 Å². The summed E-state index contributed by atoms with van der Waals surface area (Å²) in [5.41, 5.74) is 1.38. The van der Waals surface area contributed by atoms with E-state index >= 15 is 0 Å². The van der Waals surface area contributed by atoms with Crippen molar-refractivity contribution in [3.63, 3.8) is 0 Å². The maximum absolute atomic E-state index is 12.5. The topological polar surface area (TPSA) is 84.5 Å². The zero-order valence-electron chi connectivity index (χ0n) is 14.4. The Balaban J connectivity index is 2.08. The van der Waals surface area contributed by atoms with Gasteiger partial charge in [-0.2, -0.15) is 0 Å². The predicted molar refractivity (Wildman–Crippen MR) is 93.4 cm³/mol. The number of fused-ring (bicyclic) bond motifs is 1. The van der Waals surface area contributed by atoms with Crippen LogP contribution in [0.15, 0.2) is 0 Å².